The van der Waals surface area contributed by atoms with Gasteiger partial charge in [-0.2, -0.15) is 0 Å². The molecule has 0 unspecified atom stereocenters. The van der Waals surface area contributed by atoms with E-state index in [1.54, 1.807) is 14.1 Å². The van der Waals surface area contributed by atoms with Crippen LogP contribution in [0.5, 0.6) is 5.88 Å². The van der Waals surface area contributed by atoms with E-state index >= 15 is 0 Å². The lowest BCUT2D eigenvalue weighted by Crippen LogP contribution is -2.22. The molecule has 0 spiro atoms. The summed E-state index contributed by atoms with van der Waals surface area (Å²) in [6, 6.07) is 0. The molecule has 5 nitrogen and oxygen atoms in total. The molecule has 0 aromatic carbocycles. The van der Waals surface area contributed by atoms with E-state index in [0.29, 0.717) is 24.1 Å². The molecular weight excluding hydrogens is 206 g/mol. The first-order valence-electron chi connectivity index (χ1n) is 5.33. The van der Waals surface area contributed by atoms with Crippen LogP contribution in [0.15, 0.2) is 12.4 Å². The summed E-state index contributed by atoms with van der Waals surface area (Å²) < 4.78 is 5.43. The van der Waals surface area contributed by atoms with E-state index in [1.807, 2.05) is 0 Å². The Morgan fingerprint density at radius 2 is 2.19 bits per heavy atom. The zero-order valence-corrected chi connectivity index (χ0v) is 9.51. The summed E-state index contributed by atoms with van der Waals surface area (Å²) >= 11 is 0. The van der Waals surface area contributed by atoms with Crippen LogP contribution in [0.25, 0.3) is 0 Å². The lowest BCUT2D eigenvalue weighted by Gasteiger charge is -2.09. The van der Waals surface area contributed by atoms with E-state index in [1.165, 1.54) is 30.1 Å². The summed E-state index contributed by atoms with van der Waals surface area (Å²) in [6.07, 6.45) is 5.43. The van der Waals surface area contributed by atoms with E-state index in [0.717, 1.165) is 0 Å². The average Bonchev–Trinajstić information content (AvgIpc) is 3.10. The Morgan fingerprint density at radius 1 is 1.44 bits per heavy atom. The van der Waals surface area contributed by atoms with Gasteiger partial charge in [-0.05, 0) is 18.8 Å². The molecule has 0 N–H and O–H groups in total. The molecule has 2 rings (SSSR count). The van der Waals surface area contributed by atoms with Gasteiger partial charge in [-0.25, -0.2) is 9.97 Å². The maximum atomic E-state index is 11.5. The molecule has 5 heteroatoms. The van der Waals surface area contributed by atoms with Gasteiger partial charge >= 0.3 is 0 Å². The van der Waals surface area contributed by atoms with Crippen LogP contribution in [0.1, 0.15) is 23.3 Å². The molecule has 0 saturated heterocycles. The first-order chi connectivity index (χ1) is 7.66. The molecule has 1 aliphatic rings. The Hall–Kier alpha value is -1.65. The highest BCUT2D eigenvalue weighted by molar-refractivity contribution is 5.91. The van der Waals surface area contributed by atoms with Crippen LogP contribution in [0, 0.1) is 5.92 Å². The number of hydrogen-bond donors (Lipinski definition) is 0. The van der Waals surface area contributed by atoms with Crippen molar-refractivity contribution in [2.75, 3.05) is 20.7 Å². The summed E-state index contributed by atoms with van der Waals surface area (Å²) in [5, 5.41) is 0. The predicted molar refractivity (Wildman–Crippen MR) is 58.3 cm³/mol. The van der Waals surface area contributed by atoms with Crippen LogP contribution in [-0.4, -0.2) is 41.5 Å². The highest BCUT2D eigenvalue weighted by Gasteiger charge is 2.22. The lowest BCUT2D eigenvalue weighted by atomic mass is 10.4. The van der Waals surface area contributed by atoms with Gasteiger partial charge in [0, 0.05) is 14.1 Å². The van der Waals surface area contributed by atoms with Crippen LogP contribution < -0.4 is 4.74 Å². The average molecular weight is 221 g/mol. The van der Waals surface area contributed by atoms with E-state index in [-0.39, 0.29) is 5.91 Å². The summed E-state index contributed by atoms with van der Waals surface area (Å²) in [6.45, 7) is 0.704. The second-order valence-electron chi connectivity index (χ2n) is 4.19. The molecular formula is C11H15N3O2. The number of carbonyl (C=O) groups excluding carboxylic acids is 1. The molecule has 0 radical (unpaired) electrons. The molecule has 1 aromatic heterocycles. The summed E-state index contributed by atoms with van der Waals surface area (Å²) in [7, 11) is 3.36. The molecule has 0 atom stereocenters. The van der Waals surface area contributed by atoms with Gasteiger partial charge < -0.3 is 9.64 Å². The van der Waals surface area contributed by atoms with Crippen molar-refractivity contribution in [3.8, 4) is 5.88 Å². The van der Waals surface area contributed by atoms with E-state index in [2.05, 4.69) is 9.97 Å². The van der Waals surface area contributed by atoms with Crippen molar-refractivity contribution in [2.45, 2.75) is 12.8 Å². The van der Waals surface area contributed by atoms with Crippen molar-refractivity contribution in [1.29, 1.82) is 0 Å². The van der Waals surface area contributed by atoms with E-state index < -0.39 is 0 Å². The van der Waals surface area contributed by atoms with Crippen LogP contribution in [0.2, 0.25) is 0 Å². The number of hydrogen-bond acceptors (Lipinski definition) is 4. The van der Waals surface area contributed by atoms with E-state index in [9.17, 15) is 4.79 Å². The van der Waals surface area contributed by atoms with Crippen molar-refractivity contribution >= 4 is 5.91 Å². The third-order valence-corrected chi connectivity index (χ3v) is 2.42. The topological polar surface area (TPSA) is 55.3 Å². The first-order valence-corrected chi connectivity index (χ1v) is 5.33. The van der Waals surface area contributed by atoms with Gasteiger partial charge in [0.25, 0.3) is 5.91 Å². The molecule has 1 aliphatic carbocycles. The van der Waals surface area contributed by atoms with Crippen LogP contribution in [-0.2, 0) is 0 Å². The van der Waals surface area contributed by atoms with Crippen LogP contribution in [0.4, 0.5) is 0 Å². The van der Waals surface area contributed by atoms with Gasteiger partial charge in [-0.3, -0.25) is 4.79 Å². The van der Waals surface area contributed by atoms with Gasteiger partial charge in [-0.15, -0.1) is 0 Å². The minimum absolute atomic E-state index is 0.152. The molecule has 0 aliphatic heterocycles. The maximum Gasteiger partial charge on any atom is 0.273 e. The monoisotopic (exact) mass is 221 g/mol. The zero-order valence-electron chi connectivity index (χ0n) is 9.51. The number of carbonyl (C=O) groups is 1. The summed E-state index contributed by atoms with van der Waals surface area (Å²) in [4.78, 5) is 21.1. The van der Waals surface area contributed by atoms with Crippen molar-refractivity contribution < 1.29 is 9.53 Å². The van der Waals surface area contributed by atoms with E-state index in [4.69, 9.17) is 4.74 Å². The number of aromatic nitrogens is 2. The van der Waals surface area contributed by atoms with Gasteiger partial charge in [-0.1, -0.05) is 0 Å². The maximum absolute atomic E-state index is 11.5. The standard InChI is InChI=1S/C11H15N3O2/c1-14(2)11(15)9-5-13-10(6-12-9)16-7-8-3-4-8/h5-6,8H,3-4,7H2,1-2H3. The minimum atomic E-state index is -0.152. The second kappa shape index (κ2) is 4.47. The fraction of sp³-hybridized carbons (Fsp3) is 0.545. The Morgan fingerprint density at radius 3 is 2.69 bits per heavy atom. The van der Waals surface area contributed by atoms with Gasteiger partial charge in [0.1, 0.15) is 5.69 Å². The molecule has 1 saturated carbocycles. The number of nitrogens with zero attached hydrogens (tertiary/aromatic N) is 3. The quantitative estimate of drug-likeness (QED) is 0.760. The smallest absolute Gasteiger partial charge is 0.273 e. The normalized spacial score (nSPS) is 14.6. The van der Waals surface area contributed by atoms with Crippen molar-refractivity contribution in [1.82, 2.24) is 14.9 Å². The second-order valence-corrected chi connectivity index (χ2v) is 4.19. The fourth-order valence-electron chi connectivity index (χ4n) is 1.22. The Kier molecular flexibility index (Phi) is 3.03. The SMILES string of the molecule is CN(C)C(=O)c1cnc(OCC2CC2)cn1. The molecule has 1 heterocycles. The van der Waals surface area contributed by atoms with Crippen molar-refractivity contribution in [3.63, 3.8) is 0 Å². The Labute approximate surface area is 94.5 Å². The molecule has 1 aromatic rings. The highest BCUT2D eigenvalue weighted by atomic mass is 16.5. The van der Waals surface area contributed by atoms with Gasteiger partial charge in [0.15, 0.2) is 0 Å². The Bertz CT molecular complexity index is 371. The summed E-state index contributed by atoms with van der Waals surface area (Å²) in [5.74, 6) is 1.02. The first kappa shape index (κ1) is 10.9. The predicted octanol–water partition coefficient (Wildman–Crippen LogP) is 0.967. The number of amides is 1. The van der Waals surface area contributed by atoms with Crippen LogP contribution in [0.3, 0.4) is 0 Å². The third kappa shape index (κ3) is 2.68. The van der Waals surface area contributed by atoms with Crippen molar-refractivity contribution in [3.05, 3.63) is 18.1 Å². The van der Waals surface area contributed by atoms with Gasteiger partial charge in [0.2, 0.25) is 5.88 Å². The third-order valence-electron chi connectivity index (χ3n) is 2.42. The molecule has 1 fully saturated rings. The Balaban J connectivity index is 1.95. The molecule has 0 bridgehead atoms. The summed E-state index contributed by atoms with van der Waals surface area (Å²) in [5.41, 5.74) is 0.337. The van der Waals surface area contributed by atoms with Gasteiger partial charge in [0.05, 0.1) is 19.0 Å². The van der Waals surface area contributed by atoms with Crippen LogP contribution >= 0.6 is 0 Å². The minimum Gasteiger partial charge on any atom is -0.476 e. The molecule has 86 valence electrons. The number of ether oxygens (including phenoxy) is 1. The fourth-order valence-corrected chi connectivity index (χ4v) is 1.22. The largest absolute Gasteiger partial charge is 0.476 e. The zero-order chi connectivity index (χ0) is 11.5. The molecule has 1 amide bonds. The molecule has 16 heavy (non-hydrogen) atoms. The highest BCUT2D eigenvalue weighted by Crippen LogP contribution is 2.29. The lowest BCUT2D eigenvalue weighted by molar-refractivity contribution is 0.0821. The van der Waals surface area contributed by atoms with Crippen molar-refractivity contribution in [2.24, 2.45) is 5.92 Å². The number of rotatable bonds is 4.